The average Bonchev–Trinajstić information content (AvgIpc) is 2.50. The Labute approximate surface area is 72.1 Å². The average molecular weight is 176 g/mol. The first-order valence-corrected chi connectivity index (χ1v) is 4.17. The van der Waals surface area contributed by atoms with Crippen LogP contribution in [0.1, 0.15) is 0 Å². The van der Waals surface area contributed by atoms with Crippen molar-refractivity contribution in [3.8, 4) is 0 Å². The van der Waals surface area contributed by atoms with Crippen LogP contribution in [0.15, 0.2) is 28.8 Å². The van der Waals surface area contributed by atoms with Crippen LogP contribution in [0, 0.1) is 0 Å². The molecule has 5 heteroatoms. The van der Waals surface area contributed by atoms with Gasteiger partial charge < -0.3 is 0 Å². The van der Waals surface area contributed by atoms with Crippen LogP contribution < -0.4 is 0 Å². The second-order valence-corrected chi connectivity index (χ2v) is 3.02. The first kappa shape index (κ1) is 7.09. The molecule has 12 heavy (non-hydrogen) atoms. The van der Waals surface area contributed by atoms with Gasteiger partial charge in [0.15, 0.2) is 0 Å². The molecule has 0 amide bonds. The summed E-state index contributed by atoms with van der Waals surface area (Å²) in [6.45, 7) is 0. The SMILES string of the molecule is [N-]=[N+]=Nc1csc2ncccc12. The first-order chi connectivity index (χ1) is 5.92. The molecule has 2 aromatic rings. The van der Waals surface area contributed by atoms with Gasteiger partial charge in [-0.2, -0.15) is 0 Å². The quantitative estimate of drug-likeness (QED) is 0.373. The zero-order valence-corrected chi connectivity index (χ0v) is 6.82. The van der Waals surface area contributed by atoms with Gasteiger partial charge in [0.25, 0.3) is 0 Å². The van der Waals surface area contributed by atoms with Crippen molar-refractivity contribution in [3.63, 3.8) is 0 Å². The van der Waals surface area contributed by atoms with Crippen molar-refractivity contribution in [3.05, 3.63) is 34.2 Å². The Balaban J connectivity index is 2.78. The molecule has 2 aromatic heterocycles. The van der Waals surface area contributed by atoms with Crippen molar-refractivity contribution >= 4 is 27.2 Å². The molecule has 0 bridgehead atoms. The second-order valence-electron chi connectivity index (χ2n) is 2.17. The Morgan fingerprint density at radius 3 is 3.33 bits per heavy atom. The molecule has 0 saturated heterocycles. The molecule has 0 aliphatic heterocycles. The molecule has 0 N–H and O–H groups in total. The molecule has 0 unspecified atom stereocenters. The van der Waals surface area contributed by atoms with Crippen molar-refractivity contribution < 1.29 is 0 Å². The highest BCUT2D eigenvalue weighted by Crippen LogP contribution is 2.30. The van der Waals surface area contributed by atoms with Crippen LogP contribution in [0.4, 0.5) is 5.69 Å². The Morgan fingerprint density at radius 2 is 2.50 bits per heavy atom. The normalized spacial score (nSPS) is 9.67. The first-order valence-electron chi connectivity index (χ1n) is 3.29. The second kappa shape index (κ2) is 2.81. The van der Waals surface area contributed by atoms with Crippen LogP contribution in [-0.4, -0.2) is 4.98 Å². The van der Waals surface area contributed by atoms with Gasteiger partial charge in [0.2, 0.25) is 0 Å². The summed E-state index contributed by atoms with van der Waals surface area (Å²) < 4.78 is 0. The predicted octanol–water partition coefficient (Wildman–Crippen LogP) is 3.24. The molecule has 0 aliphatic rings. The van der Waals surface area contributed by atoms with Gasteiger partial charge in [0.05, 0.1) is 5.69 Å². The highest BCUT2D eigenvalue weighted by molar-refractivity contribution is 7.17. The molecule has 0 saturated carbocycles. The topological polar surface area (TPSA) is 61.7 Å². The summed E-state index contributed by atoms with van der Waals surface area (Å²) in [5.74, 6) is 0. The fourth-order valence-corrected chi connectivity index (χ4v) is 1.80. The third-order valence-corrected chi connectivity index (χ3v) is 2.37. The van der Waals surface area contributed by atoms with Crippen LogP contribution in [-0.2, 0) is 0 Å². The van der Waals surface area contributed by atoms with Gasteiger partial charge in [0.1, 0.15) is 4.83 Å². The van der Waals surface area contributed by atoms with E-state index in [4.69, 9.17) is 5.53 Å². The largest absolute Gasteiger partial charge is 0.245 e. The van der Waals surface area contributed by atoms with E-state index in [0.29, 0.717) is 5.69 Å². The highest BCUT2D eigenvalue weighted by Gasteiger charge is 2.00. The minimum absolute atomic E-state index is 0.658. The van der Waals surface area contributed by atoms with Gasteiger partial charge >= 0.3 is 0 Å². The van der Waals surface area contributed by atoms with Crippen LogP contribution in [0.25, 0.3) is 20.7 Å². The van der Waals surface area contributed by atoms with E-state index in [1.54, 1.807) is 11.6 Å². The number of azide groups is 1. The lowest BCUT2D eigenvalue weighted by molar-refractivity contribution is 1.44. The molecule has 0 radical (unpaired) electrons. The maximum absolute atomic E-state index is 8.24. The summed E-state index contributed by atoms with van der Waals surface area (Å²) in [6, 6.07) is 3.72. The van der Waals surface area contributed by atoms with Crippen molar-refractivity contribution in [2.24, 2.45) is 5.11 Å². The Kier molecular flexibility index (Phi) is 1.66. The summed E-state index contributed by atoms with van der Waals surface area (Å²) in [4.78, 5) is 7.75. The number of thiophene rings is 1. The third-order valence-electron chi connectivity index (χ3n) is 1.48. The number of nitrogens with zero attached hydrogens (tertiary/aromatic N) is 4. The molecule has 0 fully saturated rings. The maximum atomic E-state index is 8.24. The third kappa shape index (κ3) is 1.01. The minimum atomic E-state index is 0.658. The van der Waals surface area contributed by atoms with E-state index < -0.39 is 0 Å². The minimum Gasteiger partial charge on any atom is -0.245 e. The van der Waals surface area contributed by atoms with Crippen LogP contribution in [0.5, 0.6) is 0 Å². The van der Waals surface area contributed by atoms with Crippen LogP contribution in [0.3, 0.4) is 0 Å². The molecular formula is C7H4N4S. The van der Waals surface area contributed by atoms with Gasteiger partial charge in [-0.15, -0.1) is 11.3 Å². The molecular weight excluding hydrogens is 172 g/mol. The summed E-state index contributed by atoms with van der Waals surface area (Å²) in [5, 5.41) is 6.27. The molecule has 0 aliphatic carbocycles. The van der Waals surface area contributed by atoms with Crippen molar-refractivity contribution in [2.45, 2.75) is 0 Å². The van der Waals surface area contributed by atoms with Gasteiger partial charge in [0, 0.05) is 21.9 Å². The van der Waals surface area contributed by atoms with Crippen molar-refractivity contribution in [1.82, 2.24) is 4.98 Å². The fourth-order valence-electron chi connectivity index (χ4n) is 0.980. The van der Waals surface area contributed by atoms with E-state index in [1.807, 2.05) is 12.1 Å². The maximum Gasteiger partial charge on any atom is 0.123 e. The number of aromatic nitrogens is 1. The summed E-state index contributed by atoms with van der Waals surface area (Å²) in [5.41, 5.74) is 8.90. The van der Waals surface area contributed by atoms with E-state index in [2.05, 4.69) is 15.0 Å². The lowest BCUT2D eigenvalue weighted by Crippen LogP contribution is -1.66. The van der Waals surface area contributed by atoms with E-state index in [0.717, 1.165) is 10.2 Å². The number of hydrogen-bond donors (Lipinski definition) is 0. The predicted molar refractivity (Wildman–Crippen MR) is 48.4 cm³/mol. The molecule has 0 atom stereocenters. The van der Waals surface area contributed by atoms with E-state index in [1.165, 1.54) is 11.3 Å². The molecule has 0 spiro atoms. The highest BCUT2D eigenvalue weighted by atomic mass is 32.1. The van der Waals surface area contributed by atoms with E-state index in [9.17, 15) is 0 Å². The fraction of sp³-hybridized carbons (Fsp3) is 0. The molecule has 58 valence electrons. The Morgan fingerprint density at radius 1 is 1.58 bits per heavy atom. The number of pyridine rings is 1. The van der Waals surface area contributed by atoms with Crippen LogP contribution >= 0.6 is 11.3 Å². The van der Waals surface area contributed by atoms with Crippen LogP contribution in [0.2, 0.25) is 0 Å². The summed E-state index contributed by atoms with van der Waals surface area (Å²) in [7, 11) is 0. The lowest BCUT2D eigenvalue weighted by atomic mass is 10.3. The molecule has 2 rings (SSSR count). The summed E-state index contributed by atoms with van der Waals surface area (Å²) in [6.07, 6.45) is 1.72. The lowest BCUT2D eigenvalue weighted by Gasteiger charge is -1.86. The van der Waals surface area contributed by atoms with Crippen molar-refractivity contribution in [1.29, 1.82) is 0 Å². The van der Waals surface area contributed by atoms with Crippen molar-refractivity contribution in [2.75, 3.05) is 0 Å². The Bertz CT molecular complexity index is 455. The van der Waals surface area contributed by atoms with Gasteiger partial charge in [-0.05, 0) is 17.7 Å². The van der Waals surface area contributed by atoms with E-state index in [-0.39, 0.29) is 0 Å². The molecule has 0 aromatic carbocycles. The molecule has 4 nitrogen and oxygen atoms in total. The monoisotopic (exact) mass is 176 g/mol. The molecule has 2 heterocycles. The van der Waals surface area contributed by atoms with Gasteiger partial charge in [-0.25, -0.2) is 4.98 Å². The number of hydrogen-bond acceptors (Lipinski definition) is 3. The van der Waals surface area contributed by atoms with Gasteiger partial charge in [-0.1, -0.05) is 5.11 Å². The van der Waals surface area contributed by atoms with Gasteiger partial charge in [-0.3, -0.25) is 0 Å². The zero-order chi connectivity index (χ0) is 8.39. The zero-order valence-electron chi connectivity index (χ0n) is 6.01. The number of fused-ring (bicyclic) bond motifs is 1. The standard InChI is InChI=1S/C7H4N4S/c8-11-10-6-4-12-7-5(6)2-1-3-9-7/h1-4H. The summed E-state index contributed by atoms with van der Waals surface area (Å²) >= 11 is 1.48. The van der Waals surface area contributed by atoms with E-state index >= 15 is 0 Å². The smallest absolute Gasteiger partial charge is 0.123 e. The Hall–Kier alpha value is -1.58. The number of rotatable bonds is 1.